The second kappa shape index (κ2) is 7.78. The lowest BCUT2D eigenvalue weighted by Crippen LogP contribution is -2.08. The Morgan fingerprint density at radius 3 is 2.50 bits per heavy atom. The molecule has 0 aliphatic heterocycles. The van der Waals surface area contributed by atoms with Crippen molar-refractivity contribution in [1.29, 1.82) is 0 Å². The van der Waals surface area contributed by atoms with E-state index in [1.807, 2.05) is 0 Å². The standard InChI is InChI=1S/C21H16F6O/c1-12-2-4-13(5-3-12)11-28-15-8-14-9-17(22)16(6-7-21(25,26)27)20(24)19(14)18(23)10-15/h4,8-10,12H,2-3,5,11H2,1H3. The van der Waals surface area contributed by atoms with Gasteiger partial charge in [0.2, 0.25) is 0 Å². The van der Waals surface area contributed by atoms with Crippen LogP contribution in [0.15, 0.2) is 29.8 Å². The van der Waals surface area contributed by atoms with Gasteiger partial charge in [-0.25, -0.2) is 13.2 Å². The summed E-state index contributed by atoms with van der Waals surface area (Å²) in [5.74, 6) is -0.971. The normalized spacial score (nSPS) is 17.1. The summed E-state index contributed by atoms with van der Waals surface area (Å²) >= 11 is 0. The molecule has 0 bridgehead atoms. The topological polar surface area (TPSA) is 9.23 Å². The van der Waals surface area contributed by atoms with Crippen LogP contribution in [-0.4, -0.2) is 12.8 Å². The van der Waals surface area contributed by atoms with E-state index in [1.165, 1.54) is 12.0 Å². The maximum atomic E-state index is 14.4. The second-order valence-corrected chi connectivity index (χ2v) is 6.83. The van der Waals surface area contributed by atoms with E-state index in [2.05, 4.69) is 13.0 Å². The number of hydrogen-bond acceptors (Lipinski definition) is 1. The summed E-state index contributed by atoms with van der Waals surface area (Å²) in [6.45, 7) is 2.38. The molecule has 0 N–H and O–H groups in total. The fourth-order valence-corrected chi connectivity index (χ4v) is 3.04. The Morgan fingerprint density at radius 1 is 1.11 bits per heavy atom. The highest BCUT2D eigenvalue weighted by molar-refractivity contribution is 5.87. The van der Waals surface area contributed by atoms with Crippen molar-refractivity contribution in [3.8, 4) is 17.6 Å². The summed E-state index contributed by atoms with van der Waals surface area (Å²) in [6.07, 6.45) is -0.0315. The Morgan fingerprint density at radius 2 is 1.86 bits per heavy atom. The van der Waals surface area contributed by atoms with Crippen molar-refractivity contribution < 1.29 is 31.1 Å². The van der Waals surface area contributed by atoms with Crippen molar-refractivity contribution in [2.24, 2.45) is 5.92 Å². The minimum absolute atomic E-state index is 0.0810. The first-order chi connectivity index (χ1) is 13.1. The van der Waals surface area contributed by atoms with Crippen LogP contribution >= 0.6 is 0 Å². The van der Waals surface area contributed by atoms with Crippen LogP contribution in [0.25, 0.3) is 10.8 Å². The van der Waals surface area contributed by atoms with E-state index >= 15 is 0 Å². The maximum Gasteiger partial charge on any atom is 0.458 e. The molecule has 148 valence electrons. The number of hydrogen-bond donors (Lipinski definition) is 0. The molecule has 3 rings (SSSR count). The van der Waals surface area contributed by atoms with E-state index in [0.717, 1.165) is 42.9 Å². The van der Waals surface area contributed by atoms with E-state index < -0.39 is 34.6 Å². The average Bonchev–Trinajstić information content (AvgIpc) is 2.59. The smallest absolute Gasteiger partial charge is 0.458 e. The van der Waals surface area contributed by atoms with E-state index in [0.29, 0.717) is 5.92 Å². The molecule has 0 saturated carbocycles. The zero-order valence-electron chi connectivity index (χ0n) is 14.9. The first-order valence-corrected chi connectivity index (χ1v) is 8.66. The number of benzene rings is 2. The molecule has 0 radical (unpaired) electrons. The predicted molar refractivity (Wildman–Crippen MR) is 93.3 cm³/mol. The monoisotopic (exact) mass is 398 g/mol. The highest BCUT2D eigenvalue weighted by atomic mass is 19.4. The van der Waals surface area contributed by atoms with Gasteiger partial charge >= 0.3 is 6.18 Å². The zero-order valence-corrected chi connectivity index (χ0v) is 14.9. The second-order valence-electron chi connectivity index (χ2n) is 6.83. The van der Waals surface area contributed by atoms with Crippen molar-refractivity contribution >= 4 is 10.8 Å². The molecular formula is C21H16F6O. The highest BCUT2D eigenvalue weighted by Crippen LogP contribution is 2.31. The number of allylic oxidation sites excluding steroid dienone is 1. The molecule has 0 amide bonds. The SMILES string of the molecule is CC1CC=C(COc2cc(F)c3c(F)c(C#CC(F)(F)F)c(F)cc3c2)CC1. The molecule has 0 saturated heterocycles. The van der Waals surface area contributed by atoms with Crippen molar-refractivity contribution in [3.05, 3.63) is 52.9 Å². The summed E-state index contributed by atoms with van der Waals surface area (Å²) < 4.78 is 85.0. The molecule has 0 heterocycles. The molecule has 1 aliphatic carbocycles. The van der Waals surface area contributed by atoms with Crippen LogP contribution in [0.4, 0.5) is 26.3 Å². The summed E-state index contributed by atoms with van der Waals surface area (Å²) in [5.41, 5.74) is -0.0624. The van der Waals surface area contributed by atoms with Crippen LogP contribution in [0.1, 0.15) is 31.7 Å². The molecule has 28 heavy (non-hydrogen) atoms. The number of alkyl halides is 3. The van der Waals surface area contributed by atoms with E-state index in [-0.39, 0.29) is 17.7 Å². The lowest BCUT2D eigenvalue weighted by atomic mass is 9.91. The van der Waals surface area contributed by atoms with Gasteiger partial charge in [0, 0.05) is 12.0 Å². The molecule has 0 fully saturated rings. The number of ether oxygens (including phenoxy) is 1. The fourth-order valence-electron chi connectivity index (χ4n) is 3.04. The van der Waals surface area contributed by atoms with Gasteiger partial charge in [-0.05, 0) is 48.3 Å². The Bertz CT molecular complexity index is 994. The van der Waals surface area contributed by atoms with Crippen LogP contribution in [-0.2, 0) is 0 Å². The lowest BCUT2D eigenvalue weighted by Gasteiger charge is -2.18. The van der Waals surface area contributed by atoms with E-state index in [9.17, 15) is 26.3 Å². The van der Waals surface area contributed by atoms with E-state index in [4.69, 9.17) is 4.74 Å². The summed E-state index contributed by atoms with van der Waals surface area (Å²) in [5, 5.41) is -0.792. The third-order valence-corrected chi connectivity index (χ3v) is 4.57. The highest BCUT2D eigenvalue weighted by Gasteiger charge is 2.24. The van der Waals surface area contributed by atoms with Crippen molar-refractivity contribution in [2.75, 3.05) is 6.61 Å². The Kier molecular flexibility index (Phi) is 5.59. The van der Waals surface area contributed by atoms with Gasteiger partial charge in [0.05, 0.1) is 10.9 Å². The summed E-state index contributed by atoms with van der Waals surface area (Å²) in [6, 6.07) is 2.92. The van der Waals surface area contributed by atoms with Crippen LogP contribution in [0.3, 0.4) is 0 Å². The van der Waals surface area contributed by atoms with Crippen LogP contribution < -0.4 is 4.74 Å². The molecule has 1 unspecified atom stereocenters. The van der Waals surface area contributed by atoms with Gasteiger partial charge in [0.1, 0.15) is 24.0 Å². The summed E-state index contributed by atoms with van der Waals surface area (Å²) in [7, 11) is 0. The molecule has 2 aromatic rings. The van der Waals surface area contributed by atoms with Crippen molar-refractivity contribution in [3.63, 3.8) is 0 Å². The molecule has 0 aromatic heterocycles. The largest absolute Gasteiger partial charge is 0.489 e. The van der Waals surface area contributed by atoms with Crippen molar-refractivity contribution in [2.45, 2.75) is 32.4 Å². The fraction of sp³-hybridized carbons (Fsp3) is 0.333. The average molecular weight is 398 g/mol. The Labute approximate surface area is 158 Å². The molecule has 2 aromatic carbocycles. The number of fused-ring (bicyclic) bond motifs is 1. The number of halogens is 6. The molecule has 1 aliphatic rings. The van der Waals surface area contributed by atoms with Crippen LogP contribution in [0, 0.1) is 35.2 Å². The first-order valence-electron chi connectivity index (χ1n) is 8.66. The van der Waals surface area contributed by atoms with Gasteiger partial charge in [-0.3, -0.25) is 0 Å². The molecule has 0 spiro atoms. The molecular weight excluding hydrogens is 382 g/mol. The maximum absolute atomic E-state index is 14.4. The van der Waals surface area contributed by atoms with Gasteiger partial charge in [-0.1, -0.05) is 18.9 Å². The quantitative estimate of drug-likeness (QED) is 0.335. The van der Waals surface area contributed by atoms with Crippen molar-refractivity contribution in [1.82, 2.24) is 0 Å². The van der Waals surface area contributed by atoms with Gasteiger partial charge < -0.3 is 4.74 Å². The summed E-state index contributed by atoms with van der Waals surface area (Å²) in [4.78, 5) is 0. The minimum Gasteiger partial charge on any atom is -0.489 e. The predicted octanol–water partition coefficient (Wildman–Crippen LogP) is 6.30. The van der Waals surface area contributed by atoms with Gasteiger partial charge in [-0.2, -0.15) is 13.2 Å². The minimum atomic E-state index is -4.92. The zero-order chi connectivity index (χ0) is 20.5. The first kappa shape index (κ1) is 20.1. The molecule has 7 heteroatoms. The van der Waals surface area contributed by atoms with Crippen LogP contribution in [0.2, 0.25) is 0 Å². The van der Waals surface area contributed by atoms with Gasteiger partial charge in [0.15, 0.2) is 5.82 Å². The lowest BCUT2D eigenvalue weighted by molar-refractivity contribution is -0.0696. The Hall–Kier alpha value is -2.62. The van der Waals surface area contributed by atoms with Gasteiger partial charge in [0.25, 0.3) is 0 Å². The number of rotatable bonds is 3. The molecule has 1 atom stereocenters. The third-order valence-electron chi connectivity index (χ3n) is 4.57. The third kappa shape index (κ3) is 4.61. The van der Waals surface area contributed by atoms with Gasteiger partial charge in [-0.15, -0.1) is 0 Å². The molecule has 1 nitrogen and oxygen atoms in total. The Balaban J connectivity index is 1.92. The van der Waals surface area contributed by atoms with Crippen LogP contribution in [0.5, 0.6) is 5.75 Å². The van der Waals surface area contributed by atoms with E-state index in [1.54, 1.807) is 0 Å².